The Kier molecular flexibility index (Phi) is 8.09. The van der Waals surface area contributed by atoms with Gasteiger partial charge >= 0.3 is 0 Å². The molecule has 4 N–H and O–H groups in total. The van der Waals surface area contributed by atoms with Crippen LogP contribution in [0.25, 0.3) is 28.2 Å². The Morgan fingerprint density at radius 1 is 0.978 bits per heavy atom. The Morgan fingerprint density at radius 2 is 1.83 bits per heavy atom. The number of pyridine rings is 2. The van der Waals surface area contributed by atoms with Gasteiger partial charge in [0.2, 0.25) is 11.9 Å². The third-order valence-corrected chi connectivity index (χ3v) is 8.45. The number of nitrogens with zero attached hydrogens (tertiary/aromatic N) is 9. The average molecular weight is 615 g/mol. The molecule has 1 aromatic carbocycles. The Balaban J connectivity index is 1.12. The first kappa shape index (κ1) is 29.1. The number of carbonyl (C=O) groups excluding carboxylic acids is 1. The van der Waals surface area contributed by atoms with Gasteiger partial charge in [-0.3, -0.25) is 14.3 Å². The molecule has 0 atom stereocenters. The van der Waals surface area contributed by atoms with E-state index in [1.165, 1.54) is 5.56 Å². The van der Waals surface area contributed by atoms with Crippen LogP contribution >= 0.6 is 0 Å². The summed E-state index contributed by atoms with van der Waals surface area (Å²) < 4.78 is 2.02. The minimum absolute atomic E-state index is 0.00722. The first-order valence-electron chi connectivity index (χ1n) is 15.5. The molecule has 0 bridgehead atoms. The third-order valence-electron chi connectivity index (χ3n) is 8.45. The molecule has 13 heteroatoms. The Hall–Kier alpha value is -5.61. The number of nitrogen functional groups attached to an aromatic ring is 1. The molecular weight excluding hydrogens is 580 g/mol. The molecule has 0 radical (unpaired) electrons. The molecule has 0 aliphatic carbocycles. The van der Waals surface area contributed by atoms with Crippen LogP contribution in [-0.2, 0) is 11.3 Å². The monoisotopic (exact) mass is 614 g/mol. The van der Waals surface area contributed by atoms with E-state index in [0.29, 0.717) is 35.5 Å². The molecule has 5 aromatic rings. The van der Waals surface area contributed by atoms with Gasteiger partial charge in [0.1, 0.15) is 28.9 Å². The lowest BCUT2D eigenvalue weighted by molar-refractivity contribution is -0.119. The maximum Gasteiger partial charge on any atom is 0.239 e. The largest absolute Gasteiger partial charge is 0.383 e. The molecular formula is C33H34N12O. The number of hydrogen-bond acceptors (Lipinski definition) is 11. The smallest absolute Gasteiger partial charge is 0.239 e. The minimum atomic E-state index is -0.00722. The molecule has 4 aromatic heterocycles. The molecule has 2 aliphatic heterocycles. The SMILES string of the molecule is N#Cc1ccnc(NC2CCN(Cc3ccc(-n4c(-c5cccnc5N)nc5ccc(N6CCCNC(=O)C6)nc54)cc3)CC2)n1. The van der Waals surface area contributed by atoms with Crippen LogP contribution in [0.1, 0.15) is 30.5 Å². The van der Waals surface area contributed by atoms with E-state index in [4.69, 9.17) is 21.0 Å². The zero-order valence-electron chi connectivity index (χ0n) is 25.3. The van der Waals surface area contributed by atoms with Crippen molar-refractivity contribution in [3.63, 3.8) is 0 Å². The highest BCUT2D eigenvalue weighted by atomic mass is 16.2. The van der Waals surface area contributed by atoms with Gasteiger partial charge in [0.25, 0.3) is 0 Å². The highest BCUT2D eigenvalue weighted by molar-refractivity contribution is 5.85. The molecule has 0 unspecified atom stereocenters. The van der Waals surface area contributed by atoms with Gasteiger partial charge in [-0.2, -0.15) is 5.26 Å². The summed E-state index contributed by atoms with van der Waals surface area (Å²) in [7, 11) is 0. The van der Waals surface area contributed by atoms with Crippen molar-refractivity contribution < 1.29 is 4.79 Å². The number of piperidine rings is 1. The summed E-state index contributed by atoms with van der Waals surface area (Å²) in [5.41, 5.74) is 10.9. The normalized spacial score (nSPS) is 16.2. The summed E-state index contributed by atoms with van der Waals surface area (Å²) in [6, 6.07) is 20.0. The van der Waals surface area contributed by atoms with Crippen molar-refractivity contribution in [1.82, 2.24) is 39.7 Å². The van der Waals surface area contributed by atoms with Crippen molar-refractivity contribution in [2.75, 3.05) is 48.7 Å². The zero-order chi connectivity index (χ0) is 31.5. The quantitative estimate of drug-likeness (QED) is 0.246. The molecule has 7 rings (SSSR count). The van der Waals surface area contributed by atoms with Crippen LogP contribution < -0.4 is 21.3 Å². The van der Waals surface area contributed by atoms with E-state index in [-0.39, 0.29) is 18.5 Å². The number of likely N-dealkylation sites (tertiary alicyclic amines) is 1. The van der Waals surface area contributed by atoms with Gasteiger partial charge in [-0.15, -0.1) is 0 Å². The summed E-state index contributed by atoms with van der Waals surface area (Å²) in [4.78, 5) is 39.5. The Morgan fingerprint density at radius 3 is 2.63 bits per heavy atom. The van der Waals surface area contributed by atoms with Gasteiger partial charge in [0.05, 0.1) is 12.1 Å². The predicted octanol–water partition coefficient (Wildman–Crippen LogP) is 3.13. The van der Waals surface area contributed by atoms with Crippen LogP contribution in [0.3, 0.4) is 0 Å². The number of hydrogen-bond donors (Lipinski definition) is 3. The fourth-order valence-corrected chi connectivity index (χ4v) is 6.07. The number of fused-ring (bicyclic) bond motifs is 1. The van der Waals surface area contributed by atoms with E-state index in [9.17, 15) is 4.79 Å². The number of rotatable bonds is 7. The highest BCUT2D eigenvalue weighted by Gasteiger charge is 2.23. The molecule has 13 nitrogen and oxygen atoms in total. The number of nitrogens with one attached hydrogen (secondary N) is 2. The van der Waals surface area contributed by atoms with Crippen LogP contribution in [0.15, 0.2) is 67.0 Å². The maximum absolute atomic E-state index is 12.3. The van der Waals surface area contributed by atoms with Gasteiger partial charge in [-0.05, 0) is 67.3 Å². The van der Waals surface area contributed by atoms with E-state index in [0.717, 1.165) is 68.0 Å². The molecule has 1 amide bonds. The van der Waals surface area contributed by atoms with Crippen molar-refractivity contribution in [2.24, 2.45) is 0 Å². The van der Waals surface area contributed by atoms with Crippen LogP contribution in [0.4, 0.5) is 17.6 Å². The lowest BCUT2D eigenvalue weighted by Gasteiger charge is -2.32. The van der Waals surface area contributed by atoms with Crippen LogP contribution in [0.2, 0.25) is 0 Å². The van der Waals surface area contributed by atoms with Crippen molar-refractivity contribution in [3.8, 4) is 23.1 Å². The number of carbonyl (C=O) groups is 1. The van der Waals surface area contributed by atoms with E-state index in [2.05, 4.69) is 60.8 Å². The summed E-state index contributed by atoms with van der Waals surface area (Å²) in [6.07, 6.45) is 6.05. The topological polar surface area (TPSA) is 167 Å². The molecule has 6 heterocycles. The van der Waals surface area contributed by atoms with Gasteiger partial charge in [0, 0.05) is 56.8 Å². The van der Waals surface area contributed by atoms with E-state index >= 15 is 0 Å². The van der Waals surface area contributed by atoms with Crippen molar-refractivity contribution >= 4 is 34.7 Å². The van der Waals surface area contributed by atoms with Crippen LogP contribution in [-0.4, -0.2) is 79.1 Å². The standard InChI is InChI=1S/C33H34N12O/c34-19-24-10-15-38-33(40-24)39-23-11-17-43(18-12-23)20-22-4-6-25(7-5-22)45-31(26-3-1-13-37-30(26)35)41-27-8-9-28(42-32(27)45)44-16-2-14-36-29(46)21-44/h1,3-10,13,15,23H,2,11-12,14,16-18,20-21H2,(H2,35,37)(H,36,46)(H,38,39,40). The molecule has 0 saturated carbocycles. The number of benzene rings is 1. The fraction of sp³-hybridized carbons (Fsp3) is 0.303. The first-order chi connectivity index (χ1) is 22.5. The second-order valence-corrected chi connectivity index (χ2v) is 11.6. The number of aromatic nitrogens is 6. The molecule has 2 saturated heterocycles. The van der Waals surface area contributed by atoms with E-state index < -0.39 is 0 Å². The van der Waals surface area contributed by atoms with Crippen molar-refractivity contribution in [3.05, 3.63) is 78.2 Å². The number of nitriles is 1. The summed E-state index contributed by atoms with van der Waals surface area (Å²) in [5.74, 6) is 2.28. The average Bonchev–Trinajstić information content (AvgIpc) is 3.32. The lowest BCUT2D eigenvalue weighted by Crippen LogP contribution is -2.39. The number of imidazole rings is 1. The Labute approximate surface area is 266 Å². The number of anilines is 3. The summed E-state index contributed by atoms with van der Waals surface area (Å²) in [6.45, 7) is 4.37. The van der Waals surface area contributed by atoms with Gasteiger partial charge in [-0.1, -0.05) is 12.1 Å². The molecule has 2 fully saturated rings. The molecule has 46 heavy (non-hydrogen) atoms. The first-order valence-corrected chi connectivity index (χ1v) is 15.5. The van der Waals surface area contributed by atoms with Crippen molar-refractivity contribution in [2.45, 2.75) is 31.8 Å². The highest BCUT2D eigenvalue weighted by Crippen LogP contribution is 2.32. The van der Waals surface area contributed by atoms with Gasteiger partial charge in [-0.25, -0.2) is 24.9 Å². The fourth-order valence-electron chi connectivity index (χ4n) is 6.07. The number of amides is 1. The van der Waals surface area contributed by atoms with Gasteiger partial charge in [0.15, 0.2) is 11.5 Å². The van der Waals surface area contributed by atoms with E-state index in [1.54, 1.807) is 18.5 Å². The van der Waals surface area contributed by atoms with Crippen LogP contribution in [0, 0.1) is 11.3 Å². The van der Waals surface area contributed by atoms with Crippen LogP contribution in [0.5, 0.6) is 0 Å². The summed E-state index contributed by atoms with van der Waals surface area (Å²) in [5, 5.41) is 15.4. The predicted molar refractivity (Wildman–Crippen MR) is 175 cm³/mol. The third kappa shape index (κ3) is 6.15. The Bertz CT molecular complexity index is 1910. The maximum atomic E-state index is 12.3. The minimum Gasteiger partial charge on any atom is -0.383 e. The second-order valence-electron chi connectivity index (χ2n) is 11.6. The molecule has 232 valence electrons. The molecule has 0 spiro atoms. The van der Waals surface area contributed by atoms with E-state index in [1.807, 2.05) is 33.7 Å². The molecule has 2 aliphatic rings. The second kappa shape index (κ2) is 12.8. The number of nitrogens with two attached hydrogens (primary N) is 1. The lowest BCUT2D eigenvalue weighted by atomic mass is 10.0. The van der Waals surface area contributed by atoms with Crippen molar-refractivity contribution in [1.29, 1.82) is 5.26 Å². The van der Waals surface area contributed by atoms with Gasteiger partial charge < -0.3 is 21.3 Å². The zero-order valence-corrected chi connectivity index (χ0v) is 25.3. The summed E-state index contributed by atoms with van der Waals surface area (Å²) >= 11 is 0.